The molecule has 0 radical (unpaired) electrons. The fourth-order valence-electron chi connectivity index (χ4n) is 4.13. The SMILES string of the molecule is CC(C)c1cccc(N2CC(C(=O)N(Cc3nnc(-c4ccccc4Cl)o3)C(C)C)CC2=O)c1. The molecule has 1 aromatic heterocycles. The maximum atomic E-state index is 13.5. The Morgan fingerprint density at radius 1 is 1.15 bits per heavy atom. The van der Waals surface area contributed by atoms with Gasteiger partial charge in [0.15, 0.2) is 0 Å². The van der Waals surface area contributed by atoms with Crippen molar-refractivity contribution in [3.63, 3.8) is 0 Å². The van der Waals surface area contributed by atoms with Crippen molar-refractivity contribution in [3.05, 3.63) is 65.0 Å². The van der Waals surface area contributed by atoms with Crippen LogP contribution in [0, 0.1) is 5.92 Å². The number of hydrogen-bond acceptors (Lipinski definition) is 5. The second-order valence-corrected chi connectivity index (χ2v) is 9.60. The van der Waals surface area contributed by atoms with Crippen molar-refractivity contribution in [1.82, 2.24) is 15.1 Å². The number of aromatic nitrogens is 2. The predicted molar refractivity (Wildman–Crippen MR) is 131 cm³/mol. The zero-order chi connectivity index (χ0) is 24.4. The van der Waals surface area contributed by atoms with Gasteiger partial charge in [0.2, 0.25) is 23.6 Å². The molecule has 34 heavy (non-hydrogen) atoms. The van der Waals surface area contributed by atoms with E-state index in [1.54, 1.807) is 21.9 Å². The molecule has 0 aliphatic carbocycles. The Kier molecular flexibility index (Phi) is 7.03. The van der Waals surface area contributed by atoms with Gasteiger partial charge in [-0.2, -0.15) is 0 Å². The van der Waals surface area contributed by atoms with E-state index in [4.69, 9.17) is 16.0 Å². The summed E-state index contributed by atoms with van der Waals surface area (Å²) >= 11 is 6.24. The molecular formula is C26H29ClN4O3. The van der Waals surface area contributed by atoms with E-state index in [0.717, 1.165) is 11.3 Å². The van der Waals surface area contributed by atoms with Crippen LogP contribution in [0.5, 0.6) is 0 Å². The Balaban J connectivity index is 1.49. The standard InChI is InChI=1S/C26H29ClN4O3/c1-16(2)18-8-7-9-20(12-18)31-14-19(13-24(31)32)26(33)30(17(3)4)15-23-28-29-25(34-23)21-10-5-6-11-22(21)27/h5-12,16-17,19H,13-15H2,1-4H3. The van der Waals surface area contributed by atoms with E-state index in [1.807, 2.05) is 44.2 Å². The molecule has 0 saturated carbocycles. The molecule has 0 spiro atoms. The fourth-order valence-corrected chi connectivity index (χ4v) is 4.35. The van der Waals surface area contributed by atoms with E-state index >= 15 is 0 Å². The summed E-state index contributed by atoms with van der Waals surface area (Å²) in [6, 6.07) is 15.1. The highest BCUT2D eigenvalue weighted by atomic mass is 35.5. The minimum Gasteiger partial charge on any atom is -0.419 e. The molecule has 1 unspecified atom stereocenters. The van der Waals surface area contributed by atoms with Gasteiger partial charge in [-0.3, -0.25) is 9.59 Å². The highest BCUT2D eigenvalue weighted by Crippen LogP contribution is 2.30. The van der Waals surface area contributed by atoms with Crippen LogP contribution < -0.4 is 4.90 Å². The van der Waals surface area contributed by atoms with Gasteiger partial charge < -0.3 is 14.2 Å². The van der Waals surface area contributed by atoms with Crippen molar-refractivity contribution in [1.29, 1.82) is 0 Å². The molecule has 0 N–H and O–H groups in total. The first-order valence-corrected chi connectivity index (χ1v) is 11.9. The predicted octanol–water partition coefficient (Wildman–Crippen LogP) is 5.30. The van der Waals surface area contributed by atoms with Gasteiger partial charge in [-0.15, -0.1) is 10.2 Å². The van der Waals surface area contributed by atoms with E-state index in [1.165, 1.54) is 0 Å². The topological polar surface area (TPSA) is 79.5 Å². The second kappa shape index (κ2) is 9.97. The Morgan fingerprint density at radius 2 is 1.91 bits per heavy atom. The number of anilines is 1. The number of carbonyl (C=O) groups excluding carboxylic acids is 2. The molecule has 1 fully saturated rings. The molecule has 8 heteroatoms. The first kappa shape index (κ1) is 24.0. The van der Waals surface area contributed by atoms with Crippen LogP contribution in [-0.2, 0) is 16.1 Å². The lowest BCUT2D eigenvalue weighted by molar-refractivity contribution is -0.138. The third-order valence-electron chi connectivity index (χ3n) is 6.11. The van der Waals surface area contributed by atoms with Gasteiger partial charge in [-0.25, -0.2) is 0 Å². The lowest BCUT2D eigenvalue weighted by Crippen LogP contribution is -2.41. The average molecular weight is 481 g/mol. The zero-order valence-electron chi connectivity index (χ0n) is 19.9. The molecule has 1 atom stereocenters. The number of hydrogen-bond donors (Lipinski definition) is 0. The summed E-state index contributed by atoms with van der Waals surface area (Å²) in [4.78, 5) is 29.7. The van der Waals surface area contributed by atoms with E-state index in [-0.39, 0.29) is 30.8 Å². The normalized spacial score (nSPS) is 16.0. The summed E-state index contributed by atoms with van der Waals surface area (Å²) in [6.07, 6.45) is 0.183. The summed E-state index contributed by atoms with van der Waals surface area (Å²) in [5.41, 5.74) is 2.64. The van der Waals surface area contributed by atoms with Crippen LogP contribution in [0.4, 0.5) is 5.69 Å². The Bertz CT molecular complexity index is 1190. The van der Waals surface area contributed by atoms with E-state index < -0.39 is 5.92 Å². The lowest BCUT2D eigenvalue weighted by atomic mass is 10.0. The lowest BCUT2D eigenvalue weighted by Gasteiger charge is -2.28. The van der Waals surface area contributed by atoms with Crippen molar-refractivity contribution in [2.45, 2.75) is 52.6 Å². The summed E-state index contributed by atoms with van der Waals surface area (Å²) in [6.45, 7) is 8.63. The zero-order valence-corrected chi connectivity index (χ0v) is 20.6. The maximum absolute atomic E-state index is 13.5. The molecule has 2 amide bonds. The third kappa shape index (κ3) is 4.99. The van der Waals surface area contributed by atoms with Gasteiger partial charge in [0.25, 0.3) is 0 Å². The molecule has 2 aromatic carbocycles. The number of halogens is 1. The van der Waals surface area contributed by atoms with Gasteiger partial charge in [0.1, 0.15) is 0 Å². The Morgan fingerprint density at radius 3 is 2.62 bits per heavy atom. The fraction of sp³-hybridized carbons (Fsp3) is 0.385. The van der Waals surface area contributed by atoms with E-state index in [9.17, 15) is 9.59 Å². The molecule has 0 bridgehead atoms. The number of rotatable bonds is 7. The summed E-state index contributed by atoms with van der Waals surface area (Å²) in [5.74, 6) is 0.428. The van der Waals surface area contributed by atoms with Crippen molar-refractivity contribution >= 4 is 29.1 Å². The van der Waals surface area contributed by atoms with Crippen LogP contribution in [0.15, 0.2) is 52.9 Å². The van der Waals surface area contributed by atoms with Crippen molar-refractivity contribution < 1.29 is 14.0 Å². The quantitative estimate of drug-likeness (QED) is 0.458. The highest BCUT2D eigenvalue weighted by molar-refractivity contribution is 6.33. The first-order chi connectivity index (χ1) is 16.2. The van der Waals surface area contributed by atoms with Crippen molar-refractivity contribution in [2.75, 3.05) is 11.4 Å². The number of carbonyl (C=O) groups is 2. The smallest absolute Gasteiger partial charge is 0.249 e. The molecular weight excluding hydrogens is 452 g/mol. The summed E-state index contributed by atoms with van der Waals surface area (Å²) in [7, 11) is 0. The van der Waals surface area contributed by atoms with Crippen LogP contribution in [-0.4, -0.2) is 39.5 Å². The van der Waals surface area contributed by atoms with Crippen LogP contribution in [0.25, 0.3) is 11.5 Å². The van der Waals surface area contributed by atoms with Crippen LogP contribution in [0.3, 0.4) is 0 Å². The molecule has 1 aliphatic rings. The largest absolute Gasteiger partial charge is 0.419 e. The minimum atomic E-state index is -0.427. The van der Waals surface area contributed by atoms with Gasteiger partial charge in [0, 0.05) is 24.7 Å². The molecule has 1 aliphatic heterocycles. The van der Waals surface area contributed by atoms with Crippen LogP contribution in [0.2, 0.25) is 5.02 Å². The summed E-state index contributed by atoms with van der Waals surface area (Å²) in [5, 5.41) is 8.74. The van der Waals surface area contributed by atoms with Crippen molar-refractivity contribution in [3.8, 4) is 11.5 Å². The Hall–Kier alpha value is -3.19. The third-order valence-corrected chi connectivity index (χ3v) is 6.44. The monoisotopic (exact) mass is 480 g/mol. The minimum absolute atomic E-state index is 0.0400. The van der Waals surface area contributed by atoms with E-state index in [2.05, 4.69) is 30.1 Å². The van der Waals surface area contributed by atoms with Gasteiger partial charge in [-0.1, -0.05) is 49.7 Å². The molecule has 178 valence electrons. The molecule has 4 rings (SSSR count). The molecule has 7 nitrogen and oxygen atoms in total. The Labute approximate surface area is 204 Å². The maximum Gasteiger partial charge on any atom is 0.249 e. The van der Waals surface area contributed by atoms with E-state index in [0.29, 0.717) is 34.8 Å². The number of nitrogens with zero attached hydrogens (tertiary/aromatic N) is 4. The molecule has 1 saturated heterocycles. The van der Waals surface area contributed by atoms with Crippen LogP contribution >= 0.6 is 11.6 Å². The van der Waals surface area contributed by atoms with Gasteiger partial charge in [0.05, 0.1) is 23.0 Å². The van der Waals surface area contributed by atoms with Gasteiger partial charge in [-0.05, 0) is 49.6 Å². The number of benzene rings is 2. The average Bonchev–Trinajstić information content (AvgIpc) is 3.44. The molecule has 3 aromatic rings. The van der Waals surface area contributed by atoms with Gasteiger partial charge >= 0.3 is 0 Å². The van der Waals surface area contributed by atoms with Crippen LogP contribution in [0.1, 0.15) is 51.5 Å². The first-order valence-electron chi connectivity index (χ1n) is 11.5. The highest BCUT2D eigenvalue weighted by Gasteiger charge is 2.38. The van der Waals surface area contributed by atoms with Crippen molar-refractivity contribution in [2.24, 2.45) is 5.92 Å². The molecule has 2 heterocycles. The number of amides is 2. The summed E-state index contributed by atoms with van der Waals surface area (Å²) < 4.78 is 5.81. The second-order valence-electron chi connectivity index (χ2n) is 9.20.